The highest BCUT2D eigenvalue weighted by molar-refractivity contribution is 6.35. The second kappa shape index (κ2) is 8.62. The van der Waals surface area contributed by atoms with Crippen LogP contribution in [0.25, 0.3) is 0 Å². The van der Waals surface area contributed by atoms with Gasteiger partial charge in [-0.15, -0.1) is 0 Å². The Morgan fingerprint density at radius 3 is 1.62 bits per heavy atom. The van der Waals surface area contributed by atoms with Gasteiger partial charge in [0.25, 0.3) is 0 Å². The van der Waals surface area contributed by atoms with Crippen LogP contribution in [0.15, 0.2) is 91.0 Å². The number of benzene rings is 3. The Kier molecular flexibility index (Phi) is 5.78. The zero-order valence-electron chi connectivity index (χ0n) is 14.3. The SMILES string of the molecule is O=C(NCc1ccccc1)C(=O)NC(c1ccccc1)c1ccccc1. The molecule has 0 aliphatic carbocycles. The summed E-state index contributed by atoms with van der Waals surface area (Å²) in [5.74, 6) is -1.30. The number of carbonyl (C=O) groups is 2. The normalized spacial score (nSPS) is 10.3. The Balaban J connectivity index is 1.70. The van der Waals surface area contributed by atoms with Crippen molar-refractivity contribution in [2.24, 2.45) is 0 Å². The van der Waals surface area contributed by atoms with Gasteiger partial charge in [-0.25, -0.2) is 0 Å². The molecular formula is C22H20N2O2. The van der Waals surface area contributed by atoms with Crippen LogP contribution in [0, 0.1) is 0 Å². The lowest BCUT2D eigenvalue weighted by Gasteiger charge is -2.19. The molecule has 0 saturated carbocycles. The minimum atomic E-state index is -0.654. The lowest BCUT2D eigenvalue weighted by molar-refractivity contribution is -0.139. The number of hydrogen-bond donors (Lipinski definition) is 2. The molecule has 0 aliphatic rings. The highest BCUT2D eigenvalue weighted by Gasteiger charge is 2.21. The summed E-state index contributed by atoms with van der Waals surface area (Å²) < 4.78 is 0. The van der Waals surface area contributed by atoms with Gasteiger partial charge >= 0.3 is 11.8 Å². The van der Waals surface area contributed by atoms with Crippen molar-refractivity contribution in [3.63, 3.8) is 0 Å². The molecule has 0 fully saturated rings. The smallest absolute Gasteiger partial charge is 0.310 e. The Morgan fingerprint density at radius 2 is 1.12 bits per heavy atom. The van der Waals surface area contributed by atoms with Gasteiger partial charge in [-0.3, -0.25) is 9.59 Å². The van der Waals surface area contributed by atoms with Gasteiger partial charge in [-0.2, -0.15) is 0 Å². The molecule has 4 nitrogen and oxygen atoms in total. The van der Waals surface area contributed by atoms with Crippen molar-refractivity contribution in [2.45, 2.75) is 12.6 Å². The molecule has 0 heterocycles. The largest absolute Gasteiger partial charge is 0.344 e. The minimum Gasteiger partial charge on any atom is -0.344 e. The van der Waals surface area contributed by atoms with Gasteiger partial charge in [0.05, 0.1) is 6.04 Å². The maximum atomic E-state index is 12.4. The zero-order valence-corrected chi connectivity index (χ0v) is 14.3. The van der Waals surface area contributed by atoms with Gasteiger partial charge < -0.3 is 10.6 Å². The van der Waals surface area contributed by atoms with E-state index in [1.165, 1.54) is 0 Å². The molecule has 0 aromatic heterocycles. The molecule has 130 valence electrons. The first-order valence-electron chi connectivity index (χ1n) is 8.46. The lowest BCUT2D eigenvalue weighted by Crippen LogP contribution is -2.41. The van der Waals surface area contributed by atoms with Crippen LogP contribution in [0.1, 0.15) is 22.7 Å². The van der Waals surface area contributed by atoms with Gasteiger partial charge in [-0.1, -0.05) is 91.0 Å². The summed E-state index contributed by atoms with van der Waals surface area (Å²) in [5, 5.41) is 5.49. The third kappa shape index (κ3) is 4.57. The van der Waals surface area contributed by atoms with E-state index in [0.29, 0.717) is 6.54 Å². The molecular weight excluding hydrogens is 324 g/mol. The Hall–Kier alpha value is -3.40. The van der Waals surface area contributed by atoms with Crippen LogP contribution < -0.4 is 10.6 Å². The quantitative estimate of drug-likeness (QED) is 0.698. The number of rotatable bonds is 5. The van der Waals surface area contributed by atoms with E-state index >= 15 is 0 Å². The molecule has 0 saturated heterocycles. The van der Waals surface area contributed by atoms with Gasteiger partial charge in [0, 0.05) is 6.54 Å². The summed E-state index contributed by atoms with van der Waals surface area (Å²) >= 11 is 0. The summed E-state index contributed by atoms with van der Waals surface area (Å²) in [4.78, 5) is 24.6. The van der Waals surface area contributed by atoms with Crippen LogP contribution in [0.2, 0.25) is 0 Å². The van der Waals surface area contributed by atoms with E-state index < -0.39 is 11.8 Å². The first-order chi connectivity index (χ1) is 12.7. The fourth-order valence-electron chi connectivity index (χ4n) is 2.71. The predicted molar refractivity (Wildman–Crippen MR) is 101 cm³/mol. The van der Waals surface area contributed by atoms with Crippen LogP contribution in [0.5, 0.6) is 0 Å². The molecule has 3 rings (SSSR count). The number of amides is 2. The van der Waals surface area contributed by atoms with Gasteiger partial charge in [0.1, 0.15) is 0 Å². The van der Waals surface area contributed by atoms with E-state index in [4.69, 9.17) is 0 Å². The molecule has 0 aliphatic heterocycles. The second-order valence-corrected chi connectivity index (χ2v) is 5.90. The van der Waals surface area contributed by atoms with Crippen molar-refractivity contribution in [1.29, 1.82) is 0 Å². The maximum absolute atomic E-state index is 12.4. The summed E-state index contributed by atoms with van der Waals surface area (Å²) in [6, 6.07) is 28.3. The molecule has 26 heavy (non-hydrogen) atoms. The molecule has 0 radical (unpaired) electrons. The number of nitrogens with one attached hydrogen (secondary N) is 2. The third-order valence-electron chi connectivity index (χ3n) is 4.04. The van der Waals surface area contributed by atoms with Gasteiger partial charge in [-0.05, 0) is 16.7 Å². The summed E-state index contributed by atoms with van der Waals surface area (Å²) in [6.45, 7) is 0.314. The van der Waals surface area contributed by atoms with Gasteiger partial charge in [0.15, 0.2) is 0 Å². The fraction of sp³-hybridized carbons (Fsp3) is 0.0909. The molecule has 0 unspecified atom stereocenters. The third-order valence-corrected chi connectivity index (χ3v) is 4.04. The average molecular weight is 344 g/mol. The fourth-order valence-corrected chi connectivity index (χ4v) is 2.71. The molecule has 3 aromatic rings. The minimum absolute atomic E-state index is 0.314. The van der Waals surface area contributed by atoms with E-state index in [-0.39, 0.29) is 6.04 Å². The zero-order chi connectivity index (χ0) is 18.2. The standard InChI is InChI=1S/C22H20N2O2/c25-21(23-16-17-10-4-1-5-11-17)22(26)24-20(18-12-6-2-7-13-18)19-14-8-3-9-15-19/h1-15,20H,16H2,(H,23,25)(H,24,26). The van der Waals surface area contributed by atoms with Crippen molar-refractivity contribution in [2.75, 3.05) is 0 Å². The van der Waals surface area contributed by atoms with E-state index in [9.17, 15) is 9.59 Å². The van der Waals surface area contributed by atoms with Crippen LogP contribution >= 0.6 is 0 Å². The van der Waals surface area contributed by atoms with Crippen molar-refractivity contribution in [3.8, 4) is 0 Å². The molecule has 0 spiro atoms. The van der Waals surface area contributed by atoms with E-state index in [0.717, 1.165) is 16.7 Å². The molecule has 0 atom stereocenters. The van der Waals surface area contributed by atoms with Crippen molar-refractivity contribution >= 4 is 11.8 Å². The predicted octanol–water partition coefficient (Wildman–Crippen LogP) is 3.21. The molecule has 3 aromatic carbocycles. The van der Waals surface area contributed by atoms with E-state index in [2.05, 4.69) is 10.6 Å². The topological polar surface area (TPSA) is 58.2 Å². The summed E-state index contributed by atoms with van der Waals surface area (Å²) in [7, 11) is 0. The number of carbonyl (C=O) groups excluding carboxylic acids is 2. The molecule has 2 amide bonds. The Labute approximate surface area is 152 Å². The van der Waals surface area contributed by atoms with Crippen molar-refractivity contribution < 1.29 is 9.59 Å². The average Bonchev–Trinajstić information content (AvgIpc) is 2.72. The van der Waals surface area contributed by atoms with Crippen LogP contribution in [0.4, 0.5) is 0 Å². The first-order valence-corrected chi connectivity index (χ1v) is 8.46. The highest BCUT2D eigenvalue weighted by Crippen LogP contribution is 2.21. The number of hydrogen-bond acceptors (Lipinski definition) is 2. The van der Waals surface area contributed by atoms with Crippen LogP contribution in [0.3, 0.4) is 0 Å². The second-order valence-electron chi connectivity index (χ2n) is 5.90. The Morgan fingerprint density at radius 1 is 0.654 bits per heavy atom. The van der Waals surface area contributed by atoms with Crippen molar-refractivity contribution in [1.82, 2.24) is 10.6 Å². The maximum Gasteiger partial charge on any atom is 0.310 e. The van der Waals surface area contributed by atoms with E-state index in [1.807, 2.05) is 91.0 Å². The Bertz CT molecular complexity index is 810. The van der Waals surface area contributed by atoms with Crippen LogP contribution in [-0.4, -0.2) is 11.8 Å². The first kappa shape index (κ1) is 17.4. The van der Waals surface area contributed by atoms with Gasteiger partial charge in [0.2, 0.25) is 0 Å². The molecule has 4 heteroatoms. The lowest BCUT2D eigenvalue weighted by atomic mass is 9.99. The van der Waals surface area contributed by atoms with E-state index in [1.54, 1.807) is 0 Å². The monoisotopic (exact) mass is 344 g/mol. The van der Waals surface area contributed by atoms with Crippen molar-refractivity contribution in [3.05, 3.63) is 108 Å². The molecule has 2 N–H and O–H groups in total. The summed E-state index contributed by atoms with van der Waals surface area (Å²) in [6.07, 6.45) is 0. The highest BCUT2D eigenvalue weighted by atomic mass is 16.2. The van der Waals surface area contributed by atoms with Crippen LogP contribution in [-0.2, 0) is 16.1 Å². The molecule has 0 bridgehead atoms. The summed E-state index contributed by atoms with van der Waals surface area (Å²) in [5.41, 5.74) is 2.78.